The normalized spacial score (nSPS) is 11.6. The number of anilines is 3. The Hall–Kier alpha value is -4.15. The lowest BCUT2D eigenvalue weighted by Gasteiger charge is -2.23. The summed E-state index contributed by atoms with van der Waals surface area (Å²) < 4.78 is 16.4. The summed E-state index contributed by atoms with van der Waals surface area (Å²) in [6.07, 6.45) is 1.70. The molecule has 210 valence electrons. The van der Waals surface area contributed by atoms with E-state index < -0.39 is 10.8 Å². The van der Waals surface area contributed by atoms with Crippen LogP contribution in [0.25, 0.3) is 11.0 Å². The first kappa shape index (κ1) is 29.4. The Morgan fingerprint density at radius 1 is 0.846 bits per heavy atom. The van der Waals surface area contributed by atoms with Crippen LogP contribution in [0.1, 0.15) is 47.1 Å². The Bertz CT molecular complexity index is 1350. The van der Waals surface area contributed by atoms with Gasteiger partial charge in [0.25, 0.3) is 0 Å². The number of fused-ring (bicyclic) bond motifs is 1. The molecular weight excluding hydrogens is 500 g/mol. The molecule has 2 amide bonds. The molecule has 11 nitrogen and oxygen atoms in total. The Balaban J connectivity index is 2.02. The van der Waals surface area contributed by atoms with Crippen molar-refractivity contribution in [2.45, 2.75) is 48.1 Å². The molecule has 0 fully saturated rings. The Morgan fingerprint density at radius 2 is 1.41 bits per heavy atom. The van der Waals surface area contributed by atoms with Crippen molar-refractivity contribution in [3.63, 3.8) is 0 Å². The van der Waals surface area contributed by atoms with Gasteiger partial charge in [-0.3, -0.25) is 14.9 Å². The van der Waals surface area contributed by atoms with Crippen molar-refractivity contribution in [1.29, 1.82) is 0 Å². The first-order chi connectivity index (χ1) is 18.2. The van der Waals surface area contributed by atoms with Gasteiger partial charge in [-0.1, -0.05) is 41.5 Å². The van der Waals surface area contributed by atoms with Gasteiger partial charge in [0.05, 0.1) is 26.7 Å². The van der Waals surface area contributed by atoms with Crippen LogP contribution in [0.15, 0.2) is 24.4 Å². The molecular formula is C28H38N6O5. The van der Waals surface area contributed by atoms with E-state index in [9.17, 15) is 9.59 Å². The van der Waals surface area contributed by atoms with Gasteiger partial charge in [0.15, 0.2) is 17.1 Å². The topological polar surface area (TPSA) is 128 Å². The van der Waals surface area contributed by atoms with E-state index in [4.69, 9.17) is 14.2 Å². The molecule has 0 saturated carbocycles. The van der Waals surface area contributed by atoms with E-state index >= 15 is 0 Å². The first-order valence-electron chi connectivity index (χ1n) is 12.5. The van der Waals surface area contributed by atoms with Crippen molar-refractivity contribution in [2.75, 3.05) is 43.9 Å². The third-order valence-electron chi connectivity index (χ3n) is 5.94. The van der Waals surface area contributed by atoms with Crippen LogP contribution >= 0.6 is 0 Å². The quantitative estimate of drug-likeness (QED) is 0.421. The molecule has 2 heterocycles. The van der Waals surface area contributed by atoms with Crippen molar-refractivity contribution in [3.05, 3.63) is 30.0 Å². The fourth-order valence-corrected chi connectivity index (χ4v) is 3.53. The highest BCUT2D eigenvalue weighted by Crippen LogP contribution is 2.41. The number of benzene rings is 1. The fraction of sp³-hybridized carbons (Fsp3) is 0.464. The highest BCUT2D eigenvalue weighted by molar-refractivity contribution is 6.02. The highest BCUT2D eigenvalue weighted by atomic mass is 16.5. The third-order valence-corrected chi connectivity index (χ3v) is 5.94. The minimum absolute atomic E-state index is 0.0708. The van der Waals surface area contributed by atoms with E-state index in [1.165, 1.54) is 0 Å². The zero-order valence-corrected chi connectivity index (χ0v) is 24.3. The smallest absolute Gasteiger partial charge is 0.233 e. The van der Waals surface area contributed by atoms with Gasteiger partial charge < -0.3 is 24.4 Å². The van der Waals surface area contributed by atoms with Crippen LogP contribution in [0.2, 0.25) is 0 Å². The van der Waals surface area contributed by atoms with E-state index in [0.29, 0.717) is 34.8 Å². The van der Waals surface area contributed by atoms with Crippen molar-refractivity contribution < 1.29 is 23.8 Å². The summed E-state index contributed by atoms with van der Waals surface area (Å²) in [5, 5.41) is 6.17. The van der Waals surface area contributed by atoms with E-state index in [2.05, 4.69) is 25.6 Å². The second kappa shape index (κ2) is 11.3. The van der Waals surface area contributed by atoms with Crippen LogP contribution in [0, 0.1) is 10.8 Å². The summed E-state index contributed by atoms with van der Waals surface area (Å²) >= 11 is 0. The number of hydrogen-bond acceptors (Lipinski definition) is 9. The molecule has 0 bridgehead atoms. The zero-order chi connectivity index (χ0) is 29.1. The minimum atomic E-state index is -0.663. The second-order valence-electron chi connectivity index (χ2n) is 11.3. The van der Waals surface area contributed by atoms with Crippen LogP contribution in [-0.4, -0.2) is 55.1 Å². The summed E-state index contributed by atoms with van der Waals surface area (Å²) in [6.45, 7) is 11.3. The Labute approximate surface area is 229 Å². The largest absolute Gasteiger partial charge is 0.493 e. The molecule has 0 atom stereocenters. The average Bonchev–Trinajstić information content (AvgIpc) is 2.86. The summed E-state index contributed by atoms with van der Waals surface area (Å²) in [7, 11) is 6.62. The highest BCUT2D eigenvalue weighted by Gasteiger charge is 2.25. The van der Waals surface area contributed by atoms with Crippen molar-refractivity contribution in [1.82, 2.24) is 15.0 Å². The van der Waals surface area contributed by atoms with E-state index in [0.717, 1.165) is 11.3 Å². The van der Waals surface area contributed by atoms with Crippen molar-refractivity contribution >= 4 is 40.3 Å². The number of pyridine rings is 1. The Kier molecular flexibility index (Phi) is 8.52. The number of nitrogens with one attached hydrogen (secondary N) is 2. The van der Waals surface area contributed by atoms with Crippen LogP contribution in [-0.2, 0) is 16.1 Å². The molecule has 2 N–H and O–H groups in total. The maximum Gasteiger partial charge on any atom is 0.233 e. The van der Waals surface area contributed by atoms with Crippen molar-refractivity contribution in [2.24, 2.45) is 10.8 Å². The molecule has 11 heteroatoms. The van der Waals surface area contributed by atoms with Gasteiger partial charge in [0.2, 0.25) is 23.5 Å². The maximum absolute atomic E-state index is 12.9. The lowest BCUT2D eigenvalue weighted by atomic mass is 9.95. The van der Waals surface area contributed by atoms with E-state index in [1.807, 2.05) is 50.9 Å². The number of rotatable bonds is 8. The molecule has 0 spiro atoms. The number of amides is 2. The number of hydrogen-bond donors (Lipinski definition) is 2. The average molecular weight is 539 g/mol. The predicted molar refractivity (Wildman–Crippen MR) is 152 cm³/mol. The minimum Gasteiger partial charge on any atom is -0.493 e. The molecule has 3 rings (SSSR count). The van der Waals surface area contributed by atoms with Gasteiger partial charge in [-0.2, -0.15) is 9.97 Å². The van der Waals surface area contributed by atoms with Gasteiger partial charge in [-0.15, -0.1) is 0 Å². The number of nitrogens with zero attached hydrogens (tertiary/aromatic N) is 4. The van der Waals surface area contributed by atoms with Crippen molar-refractivity contribution in [3.8, 4) is 17.2 Å². The SMILES string of the molecule is COc1cc(N(C)Cc2cnc3nc(NC(=O)C(C)(C)C)nc(NC(=O)C(C)(C)C)c3c2)cc(OC)c1OC. The van der Waals surface area contributed by atoms with Gasteiger partial charge in [-0.25, -0.2) is 4.98 Å². The molecule has 1 aromatic carbocycles. The number of aromatic nitrogens is 3. The molecule has 2 aromatic heterocycles. The summed E-state index contributed by atoms with van der Waals surface area (Å²) in [5.74, 6) is 1.46. The number of methoxy groups -OCH3 is 3. The number of ether oxygens (including phenoxy) is 3. The number of carbonyl (C=O) groups is 2. The van der Waals surface area contributed by atoms with Gasteiger partial charge in [-0.05, 0) is 11.6 Å². The summed E-state index contributed by atoms with van der Waals surface area (Å²) in [5.41, 5.74) is 0.714. The molecule has 3 aromatic rings. The van der Waals surface area contributed by atoms with Crippen LogP contribution in [0.4, 0.5) is 17.5 Å². The summed E-state index contributed by atoms with van der Waals surface area (Å²) in [6, 6.07) is 5.60. The maximum atomic E-state index is 12.9. The second-order valence-corrected chi connectivity index (χ2v) is 11.3. The van der Waals surface area contributed by atoms with Gasteiger partial charge in [0.1, 0.15) is 5.82 Å². The van der Waals surface area contributed by atoms with Gasteiger partial charge >= 0.3 is 0 Å². The molecule has 0 saturated heterocycles. The molecule has 0 aliphatic heterocycles. The molecule has 39 heavy (non-hydrogen) atoms. The monoisotopic (exact) mass is 538 g/mol. The van der Waals surface area contributed by atoms with Crippen LogP contribution in [0.3, 0.4) is 0 Å². The fourth-order valence-electron chi connectivity index (χ4n) is 3.53. The molecule has 0 aliphatic rings. The summed E-state index contributed by atoms with van der Waals surface area (Å²) in [4.78, 5) is 40.9. The third kappa shape index (κ3) is 6.84. The Morgan fingerprint density at radius 3 is 1.92 bits per heavy atom. The molecule has 0 aliphatic carbocycles. The van der Waals surface area contributed by atoms with Gasteiger partial charge in [0, 0.05) is 48.4 Å². The standard InChI is InChI=1S/C28H38N6O5/c1-27(2,3)24(35)30-23-18-11-16(14-29-22(18)31-26(32-23)33-25(36)28(4,5)6)15-34(7)17-12-19(37-8)21(39-10)20(13-17)38-9/h11-14H,15H2,1-10H3,(H2,29,30,31,32,33,35,36). The first-order valence-corrected chi connectivity index (χ1v) is 12.5. The predicted octanol–water partition coefficient (Wildman–Crippen LogP) is 4.66. The lowest BCUT2D eigenvalue weighted by Crippen LogP contribution is -2.30. The zero-order valence-electron chi connectivity index (χ0n) is 24.3. The lowest BCUT2D eigenvalue weighted by molar-refractivity contribution is -0.123. The number of carbonyl (C=O) groups excluding carboxylic acids is 2. The van der Waals surface area contributed by atoms with E-state index in [1.54, 1.807) is 48.3 Å². The molecule has 0 radical (unpaired) electrons. The van der Waals surface area contributed by atoms with E-state index in [-0.39, 0.29) is 23.6 Å². The van der Waals surface area contributed by atoms with Crippen LogP contribution < -0.4 is 29.7 Å². The van der Waals surface area contributed by atoms with Crippen LogP contribution in [0.5, 0.6) is 17.2 Å². The molecule has 0 unspecified atom stereocenters.